The monoisotopic (exact) mass is 283 g/mol. The van der Waals surface area contributed by atoms with Crippen LogP contribution in [0.4, 0.5) is 5.00 Å². The van der Waals surface area contributed by atoms with E-state index in [2.05, 4.69) is 20.3 Å². The summed E-state index contributed by atoms with van der Waals surface area (Å²) in [5, 5.41) is 8.31. The Morgan fingerprint density at radius 1 is 1.47 bits per heavy atom. The molecule has 1 amide bonds. The summed E-state index contributed by atoms with van der Waals surface area (Å²) < 4.78 is 4.66. The maximum atomic E-state index is 11.9. The predicted octanol–water partition coefficient (Wildman–Crippen LogP) is 0.378. The van der Waals surface area contributed by atoms with E-state index in [0.29, 0.717) is 17.1 Å². The van der Waals surface area contributed by atoms with Crippen molar-refractivity contribution in [2.75, 3.05) is 45.2 Å². The van der Waals surface area contributed by atoms with Crippen molar-refractivity contribution < 1.29 is 14.3 Å². The second-order valence-electron chi connectivity index (χ2n) is 4.23. The van der Waals surface area contributed by atoms with Gasteiger partial charge in [0.15, 0.2) is 0 Å². The van der Waals surface area contributed by atoms with Gasteiger partial charge < -0.3 is 15.4 Å². The highest BCUT2D eigenvalue weighted by atomic mass is 32.1. The lowest BCUT2D eigenvalue weighted by molar-refractivity contribution is -0.117. The van der Waals surface area contributed by atoms with E-state index in [1.807, 2.05) is 0 Å². The van der Waals surface area contributed by atoms with Gasteiger partial charge in [-0.25, -0.2) is 4.79 Å². The van der Waals surface area contributed by atoms with Crippen LogP contribution in [0.3, 0.4) is 0 Å². The van der Waals surface area contributed by atoms with Gasteiger partial charge >= 0.3 is 5.97 Å². The molecule has 2 heterocycles. The van der Waals surface area contributed by atoms with Gasteiger partial charge in [-0.15, -0.1) is 11.3 Å². The quantitative estimate of drug-likeness (QED) is 0.782. The number of ether oxygens (including phenoxy) is 1. The molecule has 0 aliphatic carbocycles. The Kier molecular flexibility index (Phi) is 4.89. The van der Waals surface area contributed by atoms with Crippen molar-refractivity contribution >= 4 is 28.2 Å². The van der Waals surface area contributed by atoms with E-state index in [9.17, 15) is 9.59 Å². The number of nitrogens with zero attached hydrogens (tertiary/aromatic N) is 1. The van der Waals surface area contributed by atoms with Crippen molar-refractivity contribution in [3.05, 3.63) is 17.0 Å². The Morgan fingerprint density at radius 3 is 2.89 bits per heavy atom. The van der Waals surface area contributed by atoms with E-state index in [1.54, 1.807) is 11.4 Å². The zero-order valence-corrected chi connectivity index (χ0v) is 11.6. The third-order valence-electron chi connectivity index (χ3n) is 2.90. The Morgan fingerprint density at radius 2 is 2.21 bits per heavy atom. The molecule has 0 bridgehead atoms. The number of rotatable bonds is 4. The first kappa shape index (κ1) is 14.0. The number of nitrogens with one attached hydrogen (secondary N) is 2. The molecule has 0 unspecified atom stereocenters. The van der Waals surface area contributed by atoms with Crippen molar-refractivity contribution in [3.8, 4) is 0 Å². The van der Waals surface area contributed by atoms with E-state index >= 15 is 0 Å². The van der Waals surface area contributed by atoms with Gasteiger partial charge in [-0.1, -0.05) is 0 Å². The van der Waals surface area contributed by atoms with Gasteiger partial charge in [0.25, 0.3) is 0 Å². The SMILES string of the molecule is COC(=O)c1ccsc1NC(=O)CN1CCNCC1. The van der Waals surface area contributed by atoms with Crippen LogP contribution in [0.25, 0.3) is 0 Å². The Hall–Kier alpha value is -1.44. The molecule has 0 radical (unpaired) electrons. The van der Waals surface area contributed by atoms with Crippen LogP contribution in [0.5, 0.6) is 0 Å². The summed E-state index contributed by atoms with van der Waals surface area (Å²) in [7, 11) is 1.33. The minimum atomic E-state index is -0.432. The van der Waals surface area contributed by atoms with E-state index in [0.717, 1.165) is 26.2 Å². The van der Waals surface area contributed by atoms with Crippen molar-refractivity contribution in [1.29, 1.82) is 0 Å². The van der Waals surface area contributed by atoms with Crippen LogP contribution in [0.15, 0.2) is 11.4 Å². The maximum absolute atomic E-state index is 11.9. The average molecular weight is 283 g/mol. The fourth-order valence-electron chi connectivity index (χ4n) is 1.92. The molecular formula is C12H17N3O3S. The number of piperazine rings is 1. The smallest absolute Gasteiger partial charge is 0.340 e. The fraction of sp³-hybridized carbons (Fsp3) is 0.500. The standard InChI is InChI=1S/C12H17N3O3S/c1-18-12(17)9-2-7-19-11(9)14-10(16)8-15-5-3-13-4-6-15/h2,7,13H,3-6,8H2,1H3,(H,14,16). The second-order valence-corrected chi connectivity index (χ2v) is 5.15. The highest BCUT2D eigenvalue weighted by Gasteiger charge is 2.17. The lowest BCUT2D eigenvalue weighted by atomic mass is 10.3. The van der Waals surface area contributed by atoms with Gasteiger partial charge in [-0.3, -0.25) is 9.69 Å². The van der Waals surface area contributed by atoms with Crippen molar-refractivity contribution in [1.82, 2.24) is 10.2 Å². The molecule has 2 N–H and O–H groups in total. The third-order valence-corrected chi connectivity index (χ3v) is 3.73. The number of hydrogen-bond donors (Lipinski definition) is 2. The van der Waals surface area contributed by atoms with E-state index in [4.69, 9.17) is 0 Å². The number of thiophene rings is 1. The van der Waals surface area contributed by atoms with Crippen LogP contribution in [0, 0.1) is 0 Å². The molecule has 2 rings (SSSR count). The Labute approximate surface area is 115 Å². The molecule has 6 nitrogen and oxygen atoms in total. The number of hydrogen-bond acceptors (Lipinski definition) is 6. The van der Waals surface area contributed by atoms with E-state index < -0.39 is 5.97 Å². The molecule has 1 aliphatic rings. The largest absolute Gasteiger partial charge is 0.465 e. The van der Waals surface area contributed by atoms with E-state index in [-0.39, 0.29) is 5.91 Å². The summed E-state index contributed by atoms with van der Waals surface area (Å²) >= 11 is 1.32. The average Bonchev–Trinajstić information content (AvgIpc) is 2.87. The first-order valence-corrected chi connectivity index (χ1v) is 6.97. The minimum Gasteiger partial charge on any atom is -0.465 e. The predicted molar refractivity (Wildman–Crippen MR) is 73.6 cm³/mol. The maximum Gasteiger partial charge on any atom is 0.340 e. The molecule has 0 atom stereocenters. The van der Waals surface area contributed by atoms with E-state index in [1.165, 1.54) is 18.4 Å². The van der Waals surface area contributed by atoms with Crippen LogP contribution < -0.4 is 10.6 Å². The third kappa shape index (κ3) is 3.76. The number of methoxy groups -OCH3 is 1. The molecule has 1 aromatic heterocycles. The second kappa shape index (κ2) is 6.65. The molecule has 1 aromatic rings. The lowest BCUT2D eigenvalue weighted by Gasteiger charge is -2.26. The highest BCUT2D eigenvalue weighted by molar-refractivity contribution is 7.14. The van der Waals surface area contributed by atoms with Gasteiger partial charge in [-0.2, -0.15) is 0 Å². The molecule has 0 saturated carbocycles. The van der Waals surface area contributed by atoms with Crippen molar-refractivity contribution in [2.45, 2.75) is 0 Å². The van der Waals surface area contributed by atoms with Gasteiger partial charge in [0.2, 0.25) is 5.91 Å². The van der Waals surface area contributed by atoms with Crippen LogP contribution in [0.2, 0.25) is 0 Å². The summed E-state index contributed by atoms with van der Waals surface area (Å²) in [5.41, 5.74) is 0.404. The number of esters is 1. The van der Waals surface area contributed by atoms with Crippen LogP contribution in [-0.4, -0.2) is 56.6 Å². The topological polar surface area (TPSA) is 70.7 Å². The molecule has 0 spiro atoms. The Bertz CT molecular complexity index is 455. The summed E-state index contributed by atoms with van der Waals surface area (Å²) in [6.45, 7) is 3.88. The van der Waals surface area contributed by atoms with Gasteiger partial charge in [0.05, 0.1) is 19.2 Å². The Balaban J connectivity index is 1.91. The molecule has 1 aliphatic heterocycles. The number of anilines is 1. The van der Waals surface area contributed by atoms with Gasteiger partial charge in [0.1, 0.15) is 5.00 Å². The molecule has 1 saturated heterocycles. The van der Waals surface area contributed by atoms with Crippen LogP contribution in [0.1, 0.15) is 10.4 Å². The molecule has 19 heavy (non-hydrogen) atoms. The van der Waals surface area contributed by atoms with Gasteiger partial charge in [0, 0.05) is 26.2 Å². The molecule has 1 fully saturated rings. The first-order valence-electron chi connectivity index (χ1n) is 6.09. The van der Waals surface area contributed by atoms with Crippen LogP contribution >= 0.6 is 11.3 Å². The number of carbonyl (C=O) groups is 2. The molecular weight excluding hydrogens is 266 g/mol. The molecule has 0 aromatic carbocycles. The summed E-state index contributed by atoms with van der Waals surface area (Å²) in [6, 6.07) is 1.65. The number of carbonyl (C=O) groups excluding carboxylic acids is 2. The first-order chi connectivity index (χ1) is 9.20. The number of amides is 1. The van der Waals surface area contributed by atoms with Crippen molar-refractivity contribution in [3.63, 3.8) is 0 Å². The molecule has 104 valence electrons. The van der Waals surface area contributed by atoms with Crippen LogP contribution in [-0.2, 0) is 9.53 Å². The zero-order valence-electron chi connectivity index (χ0n) is 10.8. The highest BCUT2D eigenvalue weighted by Crippen LogP contribution is 2.23. The van der Waals surface area contributed by atoms with Gasteiger partial charge in [-0.05, 0) is 11.4 Å². The minimum absolute atomic E-state index is 0.102. The van der Waals surface area contributed by atoms with Crippen molar-refractivity contribution in [2.24, 2.45) is 0 Å². The summed E-state index contributed by atoms with van der Waals surface area (Å²) in [5.74, 6) is -0.534. The normalized spacial score (nSPS) is 16.1. The fourth-order valence-corrected chi connectivity index (χ4v) is 2.71. The summed E-state index contributed by atoms with van der Waals surface area (Å²) in [6.07, 6.45) is 0. The lowest BCUT2D eigenvalue weighted by Crippen LogP contribution is -2.46. The summed E-state index contributed by atoms with van der Waals surface area (Å²) in [4.78, 5) is 25.5. The zero-order chi connectivity index (χ0) is 13.7. The molecule has 7 heteroatoms.